The SMILES string of the molecule is COc1ccc(NC(=O)N2CCC(C(=O)O)CC2)cc1Cl. The summed E-state index contributed by atoms with van der Waals surface area (Å²) in [6, 6.07) is 4.74. The number of anilines is 1. The van der Waals surface area contributed by atoms with Crippen molar-refractivity contribution in [3.63, 3.8) is 0 Å². The number of carbonyl (C=O) groups excluding carboxylic acids is 1. The lowest BCUT2D eigenvalue weighted by atomic mass is 9.97. The number of ether oxygens (including phenoxy) is 1. The highest BCUT2D eigenvalue weighted by molar-refractivity contribution is 6.32. The van der Waals surface area contributed by atoms with Gasteiger partial charge in [-0.3, -0.25) is 4.79 Å². The minimum absolute atomic E-state index is 0.250. The molecule has 0 aliphatic carbocycles. The molecule has 2 amide bonds. The number of halogens is 1. The van der Waals surface area contributed by atoms with Crippen LogP contribution >= 0.6 is 11.6 Å². The number of likely N-dealkylation sites (tertiary alicyclic amines) is 1. The lowest BCUT2D eigenvalue weighted by Gasteiger charge is -2.30. The van der Waals surface area contributed by atoms with Gasteiger partial charge in [-0.05, 0) is 31.0 Å². The average molecular weight is 313 g/mol. The summed E-state index contributed by atoms with van der Waals surface area (Å²) in [4.78, 5) is 24.6. The Hall–Kier alpha value is -1.95. The highest BCUT2D eigenvalue weighted by Gasteiger charge is 2.26. The summed E-state index contributed by atoms with van der Waals surface area (Å²) in [7, 11) is 1.52. The van der Waals surface area contributed by atoms with Crippen molar-refractivity contribution in [1.82, 2.24) is 4.90 Å². The number of nitrogens with zero attached hydrogens (tertiary/aromatic N) is 1. The number of methoxy groups -OCH3 is 1. The van der Waals surface area contributed by atoms with Crippen LogP contribution in [-0.4, -0.2) is 42.2 Å². The molecule has 7 heteroatoms. The highest BCUT2D eigenvalue weighted by Crippen LogP contribution is 2.27. The van der Waals surface area contributed by atoms with Crippen LogP contribution in [0.25, 0.3) is 0 Å². The predicted octanol–water partition coefficient (Wildman–Crippen LogP) is 2.68. The van der Waals surface area contributed by atoms with Crippen molar-refractivity contribution in [3.8, 4) is 5.75 Å². The van der Waals surface area contributed by atoms with Crippen LogP contribution in [0.3, 0.4) is 0 Å². The number of carbonyl (C=O) groups is 2. The monoisotopic (exact) mass is 312 g/mol. The fourth-order valence-corrected chi connectivity index (χ4v) is 2.53. The Bertz CT molecular complexity index is 542. The first kappa shape index (κ1) is 15.4. The minimum Gasteiger partial charge on any atom is -0.495 e. The van der Waals surface area contributed by atoms with Crippen LogP contribution in [0.15, 0.2) is 18.2 Å². The summed E-state index contributed by atoms with van der Waals surface area (Å²) in [5.74, 6) is -0.613. The smallest absolute Gasteiger partial charge is 0.321 e. The zero-order valence-corrected chi connectivity index (χ0v) is 12.4. The molecule has 1 heterocycles. The Labute approximate surface area is 127 Å². The predicted molar refractivity (Wildman–Crippen MR) is 79.0 cm³/mol. The van der Waals surface area contributed by atoms with Crippen molar-refractivity contribution < 1.29 is 19.4 Å². The Balaban J connectivity index is 1.93. The molecule has 1 aliphatic heterocycles. The highest BCUT2D eigenvalue weighted by atomic mass is 35.5. The normalized spacial score (nSPS) is 15.6. The van der Waals surface area contributed by atoms with Crippen LogP contribution in [-0.2, 0) is 4.79 Å². The van der Waals surface area contributed by atoms with Gasteiger partial charge in [0.1, 0.15) is 5.75 Å². The summed E-state index contributed by atoms with van der Waals surface area (Å²) in [5.41, 5.74) is 0.575. The number of hydrogen-bond donors (Lipinski definition) is 2. The molecule has 2 rings (SSSR count). The first-order valence-electron chi connectivity index (χ1n) is 6.63. The van der Waals surface area contributed by atoms with E-state index in [-0.39, 0.29) is 11.9 Å². The van der Waals surface area contributed by atoms with E-state index in [9.17, 15) is 9.59 Å². The van der Waals surface area contributed by atoms with E-state index in [1.807, 2.05) is 0 Å². The first-order valence-corrected chi connectivity index (χ1v) is 7.01. The number of carboxylic acid groups (broad SMARTS) is 1. The maximum Gasteiger partial charge on any atom is 0.321 e. The van der Waals surface area contributed by atoms with Crippen molar-refractivity contribution >= 4 is 29.3 Å². The minimum atomic E-state index is -0.794. The van der Waals surface area contributed by atoms with Gasteiger partial charge in [-0.15, -0.1) is 0 Å². The summed E-state index contributed by atoms with van der Waals surface area (Å²) >= 11 is 6.00. The van der Waals surface area contributed by atoms with Gasteiger partial charge in [-0.25, -0.2) is 4.79 Å². The number of nitrogens with one attached hydrogen (secondary N) is 1. The second-order valence-corrected chi connectivity index (χ2v) is 5.29. The second-order valence-electron chi connectivity index (χ2n) is 4.88. The summed E-state index contributed by atoms with van der Waals surface area (Å²) < 4.78 is 5.04. The quantitative estimate of drug-likeness (QED) is 0.899. The third kappa shape index (κ3) is 3.78. The van der Waals surface area contributed by atoms with E-state index >= 15 is 0 Å². The zero-order chi connectivity index (χ0) is 15.4. The maximum absolute atomic E-state index is 12.1. The molecule has 6 nitrogen and oxygen atoms in total. The van der Waals surface area contributed by atoms with Gasteiger partial charge in [0, 0.05) is 18.8 Å². The van der Waals surface area contributed by atoms with Crippen LogP contribution in [0, 0.1) is 5.92 Å². The van der Waals surface area contributed by atoms with Crippen LogP contribution in [0.1, 0.15) is 12.8 Å². The largest absolute Gasteiger partial charge is 0.495 e. The summed E-state index contributed by atoms with van der Waals surface area (Å²) in [5, 5.41) is 12.1. The number of aliphatic carboxylic acids is 1. The van der Waals surface area contributed by atoms with Crippen molar-refractivity contribution in [1.29, 1.82) is 0 Å². The molecule has 1 aliphatic rings. The molecule has 0 spiro atoms. The molecular weight excluding hydrogens is 296 g/mol. The number of benzene rings is 1. The number of hydrogen-bond acceptors (Lipinski definition) is 3. The molecule has 0 radical (unpaired) electrons. The van der Waals surface area contributed by atoms with Gasteiger partial charge >= 0.3 is 12.0 Å². The van der Waals surface area contributed by atoms with Crippen molar-refractivity contribution in [2.75, 3.05) is 25.5 Å². The number of piperidine rings is 1. The maximum atomic E-state index is 12.1. The van der Waals surface area contributed by atoms with Gasteiger partial charge in [0.25, 0.3) is 0 Å². The fraction of sp³-hybridized carbons (Fsp3) is 0.429. The van der Waals surface area contributed by atoms with E-state index in [0.717, 1.165) is 0 Å². The van der Waals surface area contributed by atoms with E-state index in [2.05, 4.69) is 5.32 Å². The molecule has 0 saturated carbocycles. The Morgan fingerprint density at radius 2 is 2.05 bits per heavy atom. The molecule has 0 bridgehead atoms. The van der Waals surface area contributed by atoms with E-state index in [4.69, 9.17) is 21.4 Å². The molecule has 1 fully saturated rings. The molecule has 0 aromatic heterocycles. The molecule has 114 valence electrons. The van der Waals surface area contributed by atoms with Crippen molar-refractivity contribution in [2.24, 2.45) is 5.92 Å². The number of urea groups is 1. The van der Waals surface area contributed by atoms with Gasteiger partial charge in [0.2, 0.25) is 0 Å². The molecule has 1 aromatic carbocycles. The zero-order valence-electron chi connectivity index (χ0n) is 11.6. The second kappa shape index (κ2) is 6.67. The Kier molecular flexibility index (Phi) is 4.90. The fourth-order valence-electron chi connectivity index (χ4n) is 2.28. The van der Waals surface area contributed by atoms with E-state index in [0.29, 0.717) is 42.4 Å². The molecular formula is C14H17ClN2O4. The van der Waals surface area contributed by atoms with E-state index in [1.54, 1.807) is 23.1 Å². The molecule has 1 saturated heterocycles. The number of carboxylic acids is 1. The Morgan fingerprint density at radius 3 is 2.57 bits per heavy atom. The average Bonchev–Trinajstić information content (AvgIpc) is 2.47. The van der Waals surface area contributed by atoms with Gasteiger partial charge in [-0.2, -0.15) is 0 Å². The third-order valence-corrected chi connectivity index (χ3v) is 3.83. The third-order valence-electron chi connectivity index (χ3n) is 3.53. The molecule has 1 aromatic rings. The number of rotatable bonds is 3. The summed E-state index contributed by atoms with van der Waals surface area (Å²) in [6.07, 6.45) is 0.957. The topological polar surface area (TPSA) is 78.9 Å². The standard InChI is InChI=1S/C14H17ClN2O4/c1-21-12-3-2-10(8-11(12)15)16-14(20)17-6-4-9(5-7-17)13(18)19/h2-3,8-9H,4-7H2,1H3,(H,16,20)(H,18,19). The molecule has 0 unspecified atom stereocenters. The van der Waals surface area contributed by atoms with Gasteiger partial charge in [-0.1, -0.05) is 11.6 Å². The Morgan fingerprint density at radius 1 is 1.38 bits per heavy atom. The van der Waals surface area contributed by atoms with Gasteiger partial charge in [0.05, 0.1) is 18.1 Å². The molecule has 0 atom stereocenters. The van der Waals surface area contributed by atoms with Crippen molar-refractivity contribution in [3.05, 3.63) is 23.2 Å². The lowest BCUT2D eigenvalue weighted by molar-refractivity contribution is -0.143. The molecule has 21 heavy (non-hydrogen) atoms. The van der Waals surface area contributed by atoms with E-state index < -0.39 is 5.97 Å². The van der Waals surface area contributed by atoms with Gasteiger partial charge in [0.15, 0.2) is 0 Å². The van der Waals surface area contributed by atoms with Crippen LogP contribution in [0.5, 0.6) is 5.75 Å². The van der Waals surface area contributed by atoms with Crippen LogP contribution in [0.2, 0.25) is 5.02 Å². The van der Waals surface area contributed by atoms with E-state index in [1.165, 1.54) is 7.11 Å². The lowest BCUT2D eigenvalue weighted by Crippen LogP contribution is -2.42. The molecule has 2 N–H and O–H groups in total. The van der Waals surface area contributed by atoms with Gasteiger partial charge < -0.3 is 20.1 Å². The van der Waals surface area contributed by atoms with Crippen LogP contribution in [0.4, 0.5) is 10.5 Å². The number of amides is 2. The first-order chi connectivity index (χ1) is 10.0. The summed E-state index contributed by atoms with van der Waals surface area (Å²) in [6.45, 7) is 0.874. The van der Waals surface area contributed by atoms with Crippen LogP contribution < -0.4 is 10.1 Å². The van der Waals surface area contributed by atoms with Crippen molar-refractivity contribution in [2.45, 2.75) is 12.8 Å².